The van der Waals surface area contributed by atoms with E-state index in [0.29, 0.717) is 0 Å². The van der Waals surface area contributed by atoms with Gasteiger partial charge in [-0.2, -0.15) is 47.5 Å². The smallest absolute Gasteiger partial charge is 0.172 e. The summed E-state index contributed by atoms with van der Waals surface area (Å²) < 4.78 is 1.51. The van der Waals surface area contributed by atoms with Crippen molar-refractivity contribution in [3.63, 3.8) is 0 Å². The number of fused-ring (bicyclic) bond motifs is 3. The van der Waals surface area contributed by atoms with E-state index >= 15 is 0 Å². The van der Waals surface area contributed by atoms with E-state index < -0.39 is 0 Å². The Balaban J connectivity index is 0.000000260. The van der Waals surface area contributed by atoms with Crippen LogP contribution in [0.4, 0.5) is 0 Å². The van der Waals surface area contributed by atoms with Gasteiger partial charge in [0.1, 0.15) is 0 Å². The molecular weight excluding hydrogens is 611 g/mol. The minimum absolute atomic E-state index is 0. The molecular formula is C41H44Cl2Ti-2. The molecule has 0 fully saturated rings. The van der Waals surface area contributed by atoms with Crippen molar-refractivity contribution in [3.05, 3.63) is 161 Å². The van der Waals surface area contributed by atoms with Crippen LogP contribution in [0.1, 0.15) is 74.9 Å². The molecule has 3 heteroatoms. The van der Waals surface area contributed by atoms with Gasteiger partial charge in [-0.05, 0) is 17.4 Å². The van der Waals surface area contributed by atoms with E-state index in [9.17, 15) is 0 Å². The second-order valence-electron chi connectivity index (χ2n) is 13.2. The molecule has 0 aromatic heterocycles. The van der Waals surface area contributed by atoms with E-state index in [1.165, 1.54) is 48.3 Å². The molecule has 1 aliphatic carbocycles. The summed E-state index contributed by atoms with van der Waals surface area (Å²) in [6.45, 7) is 13.6. The molecule has 0 atom stereocenters. The number of benzene rings is 4. The molecule has 228 valence electrons. The van der Waals surface area contributed by atoms with Crippen LogP contribution in [0, 0.1) is 6.07 Å². The van der Waals surface area contributed by atoms with Crippen molar-refractivity contribution in [2.45, 2.75) is 71.6 Å². The van der Waals surface area contributed by atoms with Crippen LogP contribution in [0.3, 0.4) is 0 Å². The normalized spacial score (nSPS) is 11.3. The summed E-state index contributed by atoms with van der Waals surface area (Å²) in [5.74, 6) is 0. The fourth-order valence-electron chi connectivity index (χ4n) is 5.05. The van der Waals surface area contributed by atoms with Crippen LogP contribution >= 0.6 is 0 Å². The zero-order valence-corrected chi connectivity index (χ0v) is 30.0. The summed E-state index contributed by atoms with van der Waals surface area (Å²) in [5, 5.41) is 0. The van der Waals surface area contributed by atoms with Crippen molar-refractivity contribution < 1.29 is 44.8 Å². The first kappa shape index (κ1) is 37.6. The van der Waals surface area contributed by atoms with Gasteiger partial charge in [-0.25, -0.2) is 12.1 Å². The molecule has 0 aliphatic heterocycles. The minimum atomic E-state index is 0. The molecule has 0 saturated heterocycles. The topological polar surface area (TPSA) is 0 Å². The third kappa shape index (κ3) is 11.1. The van der Waals surface area contributed by atoms with E-state index in [-0.39, 0.29) is 35.6 Å². The van der Waals surface area contributed by atoms with Gasteiger partial charge in [0.05, 0.1) is 0 Å². The third-order valence-corrected chi connectivity index (χ3v) is 8.15. The molecule has 0 nitrogen and oxygen atoms in total. The molecule has 0 spiro atoms. The molecule has 5 aromatic carbocycles. The largest absolute Gasteiger partial charge is 0.214 e. The van der Waals surface area contributed by atoms with Crippen molar-refractivity contribution in [2.75, 3.05) is 0 Å². The Bertz CT molecular complexity index is 1430. The quantitative estimate of drug-likeness (QED) is 0.197. The Morgan fingerprint density at radius 2 is 1.16 bits per heavy atom. The first-order valence-electron chi connectivity index (χ1n) is 15.0. The van der Waals surface area contributed by atoms with E-state index in [1.54, 1.807) is 0 Å². The number of halogens is 2. The Labute approximate surface area is 290 Å². The van der Waals surface area contributed by atoms with Gasteiger partial charge in [0.2, 0.25) is 0 Å². The van der Waals surface area contributed by atoms with Crippen molar-refractivity contribution in [1.29, 1.82) is 0 Å². The standard InChI is InChI=1S/C21H25.C15H14.C5H5.2ClH.Ti/c1-20(2,3)16-9-7-14-11-15-8-10-17(21(4,5)6)13-19(15)18(14)12-16;1-3-8-14(9-4-1)12-7-13-15-10-5-2-6-11-15;1-2-4-5-3-1;;;/h7,9-10,12-13H,11H2,1-6H3;1-6,8-11H,12-13H2;1-5H;2*1H;/q-1;;-1;;;+2/p-2. The molecule has 44 heavy (non-hydrogen) atoms. The monoisotopic (exact) mass is 654 g/mol. The SMILES string of the molecule is CC(C)(C)c1c[c-]c2c(c1)-c1cc(C(C)(C)C)ccc1C2.[Cl-].[Cl-].[Ti+2]=[C](Cc1ccccc1)Cc1ccccc1.c1cc[cH-]c1. The van der Waals surface area contributed by atoms with Crippen molar-refractivity contribution >= 4 is 3.81 Å². The van der Waals surface area contributed by atoms with Crippen LogP contribution in [0.2, 0.25) is 0 Å². The zero-order chi connectivity index (χ0) is 30.2. The van der Waals surface area contributed by atoms with Crippen LogP contribution in [-0.2, 0) is 50.1 Å². The van der Waals surface area contributed by atoms with Gasteiger partial charge in [0.25, 0.3) is 0 Å². The zero-order valence-electron chi connectivity index (χ0n) is 26.9. The van der Waals surface area contributed by atoms with Crippen molar-refractivity contribution in [3.8, 4) is 11.1 Å². The second-order valence-corrected chi connectivity index (χ2v) is 14.3. The Morgan fingerprint density at radius 3 is 1.61 bits per heavy atom. The van der Waals surface area contributed by atoms with Crippen LogP contribution < -0.4 is 24.8 Å². The summed E-state index contributed by atoms with van der Waals surface area (Å²) >= 11 is 2.24. The summed E-state index contributed by atoms with van der Waals surface area (Å²) in [7, 11) is 0. The molecule has 0 bridgehead atoms. The molecule has 0 amide bonds. The first-order valence-corrected chi connectivity index (χ1v) is 15.8. The Kier molecular flexibility index (Phi) is 14.7. The van der Waals surface area contributed by atoms with E-state index in [2.05, 4.69) is 159 Å². The maximum atomic E-state index is 3.53. The fourth-order valence-corrected chi connectivity index (χ4v) is 5.69. The second kappa shape index (κ2) is 17.2. The molecule has 0 N–H and O–H groups in total. The van der Waals surface area contributed by atoms with E-state index in [0.717, 1.165) is 19.3 Å². The Morgan fingerprint density at radius 1 is 0.659 bits per heavy atom. The van der Waals surface area contributed by atoms with Gasteiger partial charge < -0.3 is 24.8 Å². The van der Waals surface area contributed by atoms with Crippen molar-refractivity contribution in [1.82, 2.24) is 0 Å². The number of hydrogen-bond donors (Lipinski definition) is 0. The van der Waals surface area contributed by atoms with Crippen LogP contribution in [0.15, 0.2) is 121 Å². The average Bonchev–Trinajstić information content (AvgIpc) is 3.65. The van der Waals surface area contributed by atoms with Gasteiger partial charge in [-0.3, -0.25) is 0 Å². The molecule has 5 aromatic rings. The maximum Gasteiger partial charge on any atom is -0.172 e. The minimum Gasteiger partial charge on any atom is -0.214 e. The third-order valence-electron chi connectivity index (χ3n) is 7.60. The van der Waals surface area contributed by atoms with Gasteiger partial charge >= 0.3 is 108 Å². The molecule has 0 radical (unpaired) electrons. The molecule has 0 heterocycles. The molecule has 0 unspecified atom stereocenters. The fraction of sp³-hybridized carbons (Fsp3) is 0.268. The van der Waals surface area contributed by atoms with E-state index in [4.69, 9.17) is 0 Å². The van der Waals surface area contributed by atoms with Crippen LogP contribution in [0.5, 0.6) is 0 Å². The maximum absolute atomic E-state index is 3.53. The predicted molar refractivity (Wildman–Crippen MR) is 178 cm³/mol. The summed E-state index contributed by atoms with van der Waals surface area (Å²) in [5.41, 5.74) is 11.6. The van der Waals surface area contributed by atoms with Crippen LogP contribution in [0.25, 0.3) is 11.1 Å². The number of hydrogen-bond acceptors (Lipinski definition) is 0. The summed E-state index contributed by atoms with van der Waals surface area (Å²) in [6.07, 6.45) is 3.19. The van der Waals surface area contributed by atoms with Gasteiger partial charge in [-0.15, -0.1) is 5.56 Å². The predicted octanol–water partition coefficient (Wildman–Crippen LogP) is 4.26. The first-order chi connectivity index (χ1) is 20.0. The molecule has 0 saturated carbocycles. The van der Waals surface area contributed by atoms with E-state index in [1.807, 2.05) is 30.3 Å². The summed E-state index contributed by atoms with van der Waals surface area (Å²) in [4.78, 5) is 0. The molecule has 6 rings (SSSR count). The summed E-state index contributed by atoms with van der Waals surface area (Å²) in [6, 6.07) is 46.4. The van der Waals surface area contributed by atoms with Crippen molar-refractivity contribution in [2.24, 2.45) is 0 Å². The average molecular weight is 656 g/mol. The Hall–Kier alpha value is -2.61. The van der Waals surface area contributed by atoms with Gasteiger partial charge in [0, 0.05) is 0 Å². The number of rotatable bonds is 4. The molecule has 1 aliphatic rings. The van der Waals surface area contributed by atoms with Gasteiger partial charge in [0.15, 0.2) is 0 Å². The van der Waals surface area contributed by atoms with Crippen LogP contribution in [-0.4, -0.2) is 3.81 Å². The van der Waals surface area contributed by atoms with Gasteiger partial charge in [-0.1, -0.05) is 76.3 Å².